The molecular weight excluding hydrogens is 260 g/mol. The van der Waals surface area contributed by atoms with Crippen molar-refractivity contribution in [2.75, 3.05) is 13.7 Å². The van der Waals surface area contributed by atoms with Crippen molar-refractivity contribution in [3.63, 3.8) is 0 Å². The van der Waals surface area contributed by atoms with Crippen molar-refractivity contribution in [1.82, 2.24) is 10.6 Å². The molecule has 0 saturated heterocycles. The van der Waals surface area contributed by atoms with Crippen LogP contribution in [0.5, 0.6) is 5.75 Å². The topological polar surface area (TPSA) is 53.5 Å². The number of aliphatic hydroxyl groups is 1. The normalized spacial score (nSPS) is 12.7. The first-order chi connectivity index (χ1) is 8.81. The van der Waals surface area contributed by atoms with Gasteiger partial charge in [0.25, 0.3) is 0 Å². The van der Waals surface area contributed by atoms with Crippen LogP contribution in [0.2, 0.25) is 0 Å². The summed E-state index contributed by atoms with van der Waals surface area (Å²) in [5.74, 6) is 0.772. The third-order valence-corrected chi connectivity index (χ3v) is 2.69. The minimum Gasteiger partial charge on any atom is -0.497 e. The molecule has 0 aliphatic heterocycles. The van der Waals surface area contributed by atoms with Gasteiger partial charge in [0.05, 0.1) is 13.2 Å². The van der Waals surface area contributed by atoms with Crippen LogP contribution in [-0.4, -0.2) is 29.4 Å². The standard InChI is InChI=1S/C14H22N2O2S/c1-14(2,3)16-13(19)15-9-12(17)10-5-7-11(18-4)8-6-10/h5-8,12,17H,9H2,1-4H3,(H2,15,16,19). The molecule has 0 heterocycles. The Labute approximate surface area is 120 Å². The highest BCUT2D eigenvalue weighted by Crippen LogP contribution is 2.16. The average Bonchev–Trinajstić information content (AvgIpc) is 2.34. The predicted molar refractivity (Wildman–Crippen MR) is 81.4 cm³/mol. The highest BCUT2D eigenvalue weighted by molar-refractivity contribution is 7.80. The Hall–Kier alpha value is -1.33. The largest absolute Gasteiger partial charge is 0.497 e. The van der Waals surface area contributed by atoms with Crippen molar-refractivity contribution in [2.24, 2.45) is 0 Å². The molecule has 0 aliphatic carbocycles. The molecule has 106 valence electrons. The minimum absolute atomic E-state index is 0.0881. The lowest BCUT2D eigenvalue weighted by molar-refractivity contribution is 0.181. The summed E-state index contributed by atoms with van der Waals surface area (Å²) in [4.78, 5) is 0. The second-order valence-electron chi connectivity index (χ2n) is 5.37. The zero-order valence-corrected chi connectivity index (χ0v) is 12.7. The quantitative estimate of drug-likeness (QED) is 0.737. The van der Waals surface area contributed by atoms with Crippen LogP contribution in [0.25, 0.3) is 0 Å². The Morgan fingerprint density at radius 1 is 1.32 bits per heavy atom. The molecule has 0 aromatic heterocycles. The van der Waals surface area contributed by atoms with E-state index in [4.69, 9.17) is 17.0 Å². The molecule has 0 fully saturated rings. The first-order valence-corrected chi connectivity index (χ1v) is 6.60. The summed E-state index contributed by atoms with van der Waals surface area (Å²) in [5, 5.41) is 16.7. The SMILES string of the molecule is COc1ccc(C(O)CNC(=S)NC(C)(C)C)cc1. The van der Waals surface area contributed by atoms with Crippen LogP contribution in [0.15, 0.2) is 24.3 Å². The van der Waals surface area contributed by atoms with E-state index in [9.17, 15) is 5.11 Å². The minimum atomic E-state index is -0.606. The number of rotatable bonds is 4. The fourth-order valence-electron chi connectivity index (χ4n) is 1.52. The maximum Gasteiger partial charge on any atom is 0.166 e. The molecule has 0 spiro atoms. The summed E-state index contributed by atoms with van der Waals surface area (Å²) in [6.07, 6.45) is -0.606. The van der Waals surface area contributed by atoms with Crippen LogP contribution in [0, 0.1) is 0 Å². The van der Waals surface area contributed by atoms with Gasteiger partial charge in [0.2, 0.25) is 0 Å². The highest BCUT2D eigenvalue weighted by atomic mass is 32.1. The Morgan fingerprint density at radius 3 is 2.37 bits per heavy atom. The molecule has 0 saturated carbocycles. The van der Waals surface area contributed by atoms with Crippen LogP contribution in [0.4, 0.5) is 0 Å². The maximum atomic E-state index is 10.0. The molecule has 19 heavy (non-hydrogen) atoms. The number of benzene rings is 1. The van der Waals surface area contributed by atoms with Crippen molar-refractivity contribution in [2.45, 2.75) is 32.4 Å². The Kier molecular flexibility index (Phi) is 5.57. The summed E-state index contributed by atoms with van der Waals surface area (Å²) < 4.78 is 5.07. The fourth-order valence-corrected chi connectivity index (χ4v) is 1.91. The third kappa shape index (κ3) is 5.89. The predicted octanol–water partition coefficient (Wildman–Crippen LogP) is 1.99. The third-order valence-electron chi connectivity index (χ3n) is 2.45. The summed E-state index contributed by atoms with van der Waals surface area (Å²) in [7, 11) is 1.61. The number of nitrogens with one attached hydrogen (secondary N) is 2. The van der Waals surface area contributed by atoms with Gasteiger partial charge in [-0.05, 0) is 50.7 Å². The van der Waals surface area contributed by atoms with E-state index in [0.717, 1.165) is 11.3 Å². The molecule has 0 amide bonds. The second kappa shape index (κ2) is 6.73. The molecule has 1 aromatic carbocycles. The Morgan fingerprint density at radius 2 is 1.89 bits per heavy atom. The van der Waals surface area contributed by atoms with Gasteiger partial charge in [0.1, 0.15) is 5.75 Å². The molecule has 1 unspecified atom stereocenters. The average molecular weight is 282 g/mol. The van der Waals surface area contributed by atoms with Crippen LogP contribution >= 0.6 is 12.2 Å². The summed E-state index contributed by atoms with van der Waals surface area (Å²) >= 11 is 5.16. The lowest BCUT2D eigenvalue weighted by atomic mass is 10.1. The van der Waals surface area contributed by atoms with Crippen LogP contribution < -0.4 is 15.4 Å². The molecule has 0 aliphatic rings. The fraction of sp³-hybridized carbons (Fsp3) is 0.500. The van der Waals surface area contributed by atoms with Crippen LogP contribution in [0.1, 0.15) is 32.4 Å². The number of ether oxygens (including phenoxy) is 1. The van der Waals surface area contributed by atoms with Crippen molar-refractivity contribution < 1.29 is 9.84 Å². The molecule has 4 nitrogen and oxygen atoms in total. The van der Waals surface area contributed by atoms with E-state index < -0.39 is 6.10 Å². The molecule has 1 rings (SSSR count). The molecule has 5 heteroatoms. The van der Waals surface area contributed by atoms with E-state index in [1.807, 2.05) is 45.0 Å². The molecule has 3 N–H and O–H groups in total. The molecule has 0 radical (unpaired) electrons. The first-order valence-electron chi connectivity index (χ1n) is 6.20. The number of hydrogen-bond donors (Lipinski definition) is 3. The molecule has 0 bridgehead atoms. The van der Waals surface area contributed by atoms with Gasteiger partial charge in [-0.3, -0.25) is 0 Å². The Bertz CT molecular complexity index is 412. The first kappa shape index (κ1) is 15.7. The number of aliphatic hydroxyl groups excluding tert-OH is 1. The summed E-state index contributed by atoms with van der Waals surface area (Å²) in [6, 6.07) is 7.32. The van der Waals surface area contributed by atoms with Gasteiger partial charge in [-0.1, -0.05) is 12.1 Å². The van der Waals surface area contributed by atoms with Crippen LogP contribution in [0.3, 0.4) is 0 Å². The van der Waals surface area contributed by atoms with Crippen molar-refractivity contribution in [3.05, 3.63) is 29.8 Å². The zero-order valence-electron chi connectivity index (χ0n) is 11.9. The molecule has 1 atom stereocenters. The van der Waals surface area contributed by atoms with Gasteiger partial charge in [0, 0.05) is 12.1 Å². The van der Waals surface area contributed by atoms with E-state index in [1.54, 1.807) is 7.11 Å². The van der Waals surface area contributed by atoms with Gasteiger partial charge in [0.15, 0.2) is 5.11 Å². The monoisotopic (exact) mass is 282 g/mol. The Balaban J connectivity index is 2.46. The lowest BCUT2D eigenvalue weighted by Crippen LogP contribution is -2.47. The summed E-state index contributed by atoms with van der Waals surface area (Å²) in [5.41, 5.74) is 0.738. The van der Waals surface area contributed by atoms with Crippen molar-refractivity contribution in [1.29, 1.82) is 0 Å². The van der Waals surface area contributed by atoms with E-state index >= 15 is 0 Å². The molecular formula is C14H22N2O2S. The van der Waals surface area contributed by atoms with Crippen molar-refractivity contribution >= 4 is 17.3 Å². The van der Waals surface area contributed by atoms with Gasteiger partial charge >= 0.3 is 0 Å². The van der Waals surface area contributed by atoms with E-state index in [1.165, 1.54) is 0 Å². The summed E-state index contributed by atoms with van der Waals surface area (Å²) in [6.45, 7) is 6.46. The van der Waals surface area contributed by atoms with E-state index in [0.29, 0.717) is 11.7 Å². The number of methoxy groups -OCH3 is 1. The molecule has 1 aromatic rings. The van der Waals surface area contributed by atoms with Crippen molar-refractivity contribution in [3.8, 4) is 5.75 Å². The number of thiocarbonyl (C=S) groups is 1. The smallest absolute Gasteiger partial charge is 0.166 e. The van der Waals surface area contributed by atoms with Gasteiger partial charge in [-0.15, -0.1) is 0 Å². The number of hydrogen-bond acceptors (Lipinski definition) is 3. The highest BCUT2D eigenvalue weighted by Gasteiger charge is 2.12. The van der Waals surface area contributed by atoms with Crippen LogP contribution in [-0.2, 0) is 0 Å². The zero-order chi connectivity index (χ0) is 14.5. The van der Waals surface area contributed by atoms with E-state index in [2.05, 4.69) is 10.6 Å². The lowest BCUT2D eigenvalue weighted by Gasteiger charge is -2.23. The van der Waals surface area contributed by atoms with Gasteiger partial charge in [-0.2, -0.15) is 0 Å². The van der Waals surface area contributed by atoms with Gasteiger partial charge in [-0.25, -0.2) is 0 Å². The second-order valence-corrected chi connectivity index (χ2v) is 5.78. The van der Waals surface area contributed by atoms with Gasteiger partial charge < -0.3 is 20.5 Å². The maximum absolute atomic E-state index is 10.0. The van der Waals surface area contributed by atoms with E-state index in [-0.39, 0.29) is 5.54 Å².